The van der Waals surface area contributed by atoms with Crippen LogP contribution in [-0.4, -0.2) is 36.0 Å². The number of amides is 2. The van der Waals surface area contributed by atoms with E-state index in [9.17, 15) is 19.5 Å². The van der Waals surface area contributed by atoms with E-state index in [1.165, 1.54) is 12.1 Å². The summed E-state index contributed by atoms with van der Waals surface area (Å²) in [5.41, 5.74) is 0.718. The zero-order valence-corrected chi connectivity index (χ0v) is 19.8. The summed E-state index contributed by atoms with van der Waals surface area (Å²) in [5, 5.41) is 12.6. The third kappa shape index (κ3) is 5.65. The quantitative estimate of drug-likeness (QED) is 0.294. The van der Waals surface area contributed by atoms with Crippen LogP contribution in [0.15, 0.2) is 54.6 Å². The molecule has 0 saturated heterocycles. The number of aromatic hydroxyl groups is 1. The number of hydrogen-bond acceptors (Lipinski definition) is 5. The van der Waals surface area contributed by atoms with E-state index in [0.29, 0.717) is 17.7 Å². The molecule has 180 valence electrons. The molecule has 1 heterocycles. The number of carbonyl (C=O) groups is 3. The van der Waals surface area contributed by atoms with Gasteiger partial charge in [-0.15, -0.1) is 0 Å². The summed E-state index contributed by atoms with van der Waals surface area (Å²) in [7, 11) is 0. The van der Waals surface area contributed by atoms with Crippen LogP contribution in [0, 0.1) is 0 Å². The molecule has 2 aromatic rings. The molecule has 2 N–H and O–H groups in total. The van der Waals surface area contributed by atoms with Gasteiger partial charge in [-0.2, -0.15) is 0 Å². The first-order valence-electron chi connectivity index (χ1n) is 11.8. The van der Waals surface area contributed by atoms with Crippen LogP contribution in [-0.2, 0) is 24.7 Å². The Bertz CT molecular complexity index is 1060. The average molecular weight is 465 g/mol. The minimum atomic E-state index is -1.37. The number of hydrogen-bond donors (Lipinski definition) is 2. The Labute approximate surface area is 200 Å². The van der Waals surface area contributed by atoms with Crippen molar-refractivity contribution in [2.75, 3.05) is 18.1 Å². The molecule has 1 unspecified atom stereocenters. The highest BCUT2D eigenvalue weighted by Crippen LogP contribution is 2.43. The summed E-state index contributed by atoms with van der Waals surface area (Å²) in [4.78, 5) is 40.7. The molecule has 3 rings (SSSR count). The maximum Gasteiger partial charge on any atom is 0.305 e. The number of phenols is 1. The molecule has 1 atom stereocenters. The van der Waals surface area contributed by atoms with Gasteiger partial charge in [0.05, 0.1) is 6.61 Å². The second-order valence-electron chi connectivity index (χ2n) is 8.31. The van der Waals surface area contributed by atoms with Crippen LogP contribution in [0.25, 0.3) is 6.08 Å². The lowest BCUT2D eigenvalue weighted by Crippen LogP contribution is -2.53. The molecule has 0 spiro atoms. The van der Waals surface area contributed by atoms with Crippen LogP contribution in [0.2, 0.25) is 0 Å². The normalized spacial score (nSPS) is 17.1. The lowest BCUT2D eigenvalue weighted by atomic mass is 9.86. The van der Waals surface area contributed by atoms with Gasteiger partial charge in [-0.05, 0) is 49.6 Å². The summed E-state index contributed by atoms with van der Waals surface area (Å²) < 4.78 is 5.08. The van der Waals surface area contributed by atoms with Gasteiger partial charge in [0.1, 0.15) is 11.3 Å². The zero-order valence-electron chi connectivity index (χ0n) is 19.8. The van der Waals surface area contributed by atoms with E-state index in [-0.39, 0.29) is 31.1 Å². The number of anilines is 1. The second-order valence-corrected chi connectivity index (χ2v) is 8.31. The summed E-state index contributed by atoms with van der Waals surface area (Å²) >= 11 is 0. The van der Waals surface area contributed by atoms with E-state index < -0.39 is 17.4 Å². The van der Waals surface area contributed by atoms with Gasteiger partial charge in [-0.1, -0.05) is 50.1 Å². The fourth-order valence-electron chi connectivity index (χ4n) is 4.27. The number of carbonyl (C=O) groups excluding carboxylic acids is 3. The first kappa shape index (κ1) is 25.0. The van der Waals surface area contributed by atoms with Crippen molar-refractivity contribution in [1.29, 1.82) is 0 Å². The average Bonchev–Trinajstić information content (AvgIpc) is 3.05. The Morgan fingerprint density at radius 2 is 1.91 bits per heavy atom. The van der Waals surface area contributed by atoms with Gasteiger partial charge in [-0.25, -0.2) is 0 Å². The molecule has 1 aliphatic heterocycles. The standard InChI is InChI=1S/C27H32N2O5/c1-3-5-8-18-29-23-13-7-6-12-22(23)27(26(29)33,17-16-25(32)34-4-2)28-24(31)15-14-20-10-9-11-21(30)19-20/h6-7,9-15,19,30H,3-5,8,16-18H2,1-2H3,(H,28,31). The van der Waals surface area contributed by atoms with Gasteiger partial charge >= 0.3 is 5.97 Å². The first-order chi connectivity index (χ1) is 16.4. The highest BCUT2D eigenvalue weighted by molar-refractivity contribution is 6.10. The van der Waals surface area contributed by atoms with Crippen molar-refractivity contribution in [2.45, 2.75) is 51.5 Å². The van der Waals surface area contributed by atoms with E-state index in [0.717, 1.165) is 24.9 Å². The smallest absolute Gasteiger partial charge is 0.305 e. The number of para-hydroxylation sites is 1. The third-order valence-corrected chi connectivity index (χ3v) is 5.89. The molecular formula is C27H32N2O5. The van der Waals surface area contributed by atoms with Gasteiger partial charge < -0.3 is 20.1 Å². The van der Waals surface area contributed by atoms with Gasteiger partial charge in [0.15, 0.2) is 0 Å². The van der Waals surface area contributed by atoms with E-state index in [1.54, 1.807) is 36.1 Å². The van der Waals surface area contributed by atoms with Gasteiger partial charge in [-0.3, -0.25) is 14.4 Å². The van der Waals surface area contributed by atoms with E-state index in [4.69, 9.17) is 4.74 Å². The molecule has 0 fully saturated rings. The Hall–Kier alpha value is -3.61. The van der Waals surface area contributed by atoms with Crippen LogP contribution >= 0.6 is 0 Å². The number of esters is 1. The number of benzene rings is 2. The fourth-order valence-corrected chi connectivity index (χ4v) is 4.27. The molecule has 7 heteroatoms. The molecule has 0 aliphatic carbocycles. The van der Waals surface area contributed by atoms with Crippen LogP contribution in [0.4, 0.5) is 5.69 Å². The minimum Gasteiger partial charge on any atom is -0.508 e. The highest BCUT2D eigenvalue weighted by atomic mass is 16.5. The molecule has 0 aromatic heterocycles. The predicted octanol–water partition coefficient (Wildman–Crippen LogP) is 4.30. The van der Waals surface area contributed by atoms with Crippen LogP contribution < -0.4 is 10.2 Å². The van der Waals surface area contributed by atoms with Crippen molar-refractivity contribution in [3.63, 3.8) is 0 Å². The van der Waals surface area contributed by atoms with Crippen molar-refractivity contribution in [3.05, 3.63) is 65.7 Å². The summed E-state index contributed by atoms with van der Waals surface area (Å²) in [5.74, 6) is -1.03. The minimum absolute atomic E-state index is 0.00668. The third-order valence-electron chi connectivity index (χ3n) is 5.89. The molecule has 0 bridgehead atoms. The van der Waals surface area contributed by atoms with E-state index in [1.807, 2.05) is 24.3 Å². The summed E-state index contributed by atoms with van der Waals surface area (Å²) in [6.07, 6.45) is 5.84. The fraction of sp³-hybridized carbons (Fsp3) is 0.370. The lowest BCUT2D eigenvalue weighted by molar-refractivity contribution is -0.144. The number of nitrogens with zero attached hydrogens (tertiary/aromatic N) is 1. The van der Waals surface area contributed by atoms with Crippen molar-refractivity contribution < 1.29 is 24.2 Å². The number of fused-ring (bicyclic) bond motifs is 1. The van der Waals surface area contributed by atoms with Gasteiger partial charge in [0.25, 0.3) is 5.91 Å². The molecule has 0 saturated carbocycles. The van der Waals surface area contributed by atoms with Crippen molar-refractivity contribution in [3.8, 4) is 5.75 Å². The topological polar surface area (TPSA) is 95.9 Å². The molecule has 34 heavy (non-hydrogen) atoms. The van der Waals surface area contributed by atoms with Crippen LogP contribution in [0.3, 0.4) is 0 Å². The van der Waals surface area contributed by atoms with Crippen LogP contribution in [0.1, 0.15) is 57.1 Å². The zero-order chi connectivity index (χ0) is 24.6. The molecular weight excluding hydrogens is 432 g/mol. The monoisotopic (exact) mass is 464 g/mol. The van der Waals surface area contributed by atoms with Gasteiger partial charge in [0, 0.05) is 30.3 Å². The van der Waals surface area contributed by atoms with E-state index >= 15 is 0 Å². The maximum atomic E-state index is 13.8. The number of ether oxygens (including phenoxy) is 1. The molecule has 0 radical (unpaired) electrons. The predicted molar refractivity (Wildman–Crippen MR) is 131 cm³/mol. The molecule has 2 amide bonds. The van der Waals surface area contributed by atoms with Crippen LogP contribution in [0.5, 0.6) is 5.75 Å². The molecule has 7 nitrogen and oxygen atoms in total. The van der Waals surface area contributed by atoms with Crippen molar-refractivity contribution in [1.82, 2.24) is 5.32 Å². The largest absolute Gasteiger partial charge is 0.508 e. The van der Waals surface area contributed by atoms with Gasteiger partial charge in [0.2, 0.25) is 5.91 Å². The lowest BCUT2D eigenvalue weighted by Gasteiger charge is -2.29. The Morgan fingerprint density at radius 1 is 1.12 bits per heavy atom. The molecule has 1 aliphatic rings. The Morgan fingerprint density at radius 3 is 2.65 bits per heavy atom. The van der Waals surface area contributed by atoms with Crippen molar-refractivity contribution >= 4 is 29.5 Å². The number of rotatable bonds is 11. The Kier molecular flexibility index (Phi) is 8.46. The maximum absolute atomic E-state index is 13.8. The SMILES string of the molecule is CCCCCN1C(=O)C(CCC(=O)OCC)(NC(=O)C=Cc2cccc(O)c2)c2ccccc21. The number of unbranched alkanes of at least 4 members (excludes halogenated alkanes) is 2. The first-order valence-corrected chi connectivity index (χ1v) is 11.8. The number of phenolic OH excluding ortho intramolecular Hbond substituents is 1. The molecule has 2 aromatic carbocycles. The van der Waals surface area contributed by atoms with E-state index in [2.05, 4.69) is 12.2 Å². The summed E-state index contributed by atoms with van der Waals surface area (Å²) in [6.45, 7) is 4.62. The highest BCUT2D eigenvalue weighted by Gasteiger charge is 2.51. The second kappa shape index (κ2) is 11.5. The summed E-state index contributed by atoms with van der Waals surface area (Å²) in [6, 6.07) is 13.9. The Balaban J connectivity index is 1.92. The number of nitrogens with one attached hydrogen (secondary N) is 1. The van der Waals surface area contributed by atoms with Crippen molar-refractivity contribution in [2.24, 2.45) is 0 Å².